The molecule has 180 valence electrons. The van der Waals surface area contributed by atoms with Crippen LogP contribution in [0.4, 0.5) is 0 Å². The van der Waals surface area contributed by atoms with Gasteiger partial charge in [0, 0.05) is 32.7 Å². The summed E-state index contributed by atoms with van der Waals surface area (Å²) >= 11 is 0. The fourth-order valence-corrected chi connectivity index (χ4v) is 4.91. The molecular weight excluding hydrogens is 438 g/mol. The van der Waals surface area contributed by atoms with Crippen LogP contribution in [0.1, 0.15) is 55.7 Å². The smallest absolute Gasteiger partial charge is 0.303 e. The number of halogens is 1. The molecule has 5 nitrogen and oxygen atoms in total. The molecule has 2 fully saturated rings. The molecule has 4 rings (SSSR count). The third-order valence-corrected chi connectivity index (χ3v) is 6.89. The van der Waals surface area contributed by atoms with Crippen LogP contribution >= 0.6 is 12.4 Å². The van der Waals surface area contributed by atoms with Crippen LogP contribution in [0.2, 0.25) is 0 Å². The number of carboxylic acids is 1. The van der Waals surface area contributed by atoms with E-state index in [-0.39, 0.29) is 24.4 Å². The van der Waals surface area contributed by atoms with Crippen molar-refractivity contribution in [2.45, 2.75) is 64.2 Å². The molecule has 2 aromatic carbocycles. The third kappa shape index (κ3) is 7.46. The number of benzene rings is 2. The summed E-state index contributed by atoms with van der Waals surface area (Å²) in [4.78, 5) is 13.2. The zero-order valence-electron chi connectivity index (χ0n) is 19.5. The van der Waals surface area contributed by atoms with E-state index in [9.17, 15) is 4.79 Å². The van der Waals surface area contributed by atoms with Gasteiger partial charge in [-0.3, -0.25) is 9.69 Å². The third-order valence-electron chi connectivity index (χ3n) is 6.89. The Bertz CT molecular complexity index is 876. The number of carboxylic acid groups (broad SMARTS) is 1. The minimum absolute atomic E-state index is 0. The first kappa shape index (κ1) is 25.5. The largest absolute Gasteiger partial charge is 0.489 e. The summed E-state index contributed by atoms with van der Waals surface area (Å²) < 4.78 is 12.1. The van der Waals surface area contributed by atoms with Crippen LogP contribution in [0.3, 0.4) is 0 Å². The maximum Gasteiger partial charge on any atom is 0.303 e. The van der Waals surface area contributed by atoms with Gasteiger partial charge in [0.25, 0.3) is 0 Å². The van der Waals surface area contributed by atoms with E-state index in [0.717, 1.165) is 61.9 Å². The van der Waals surface area contributed by atoms with Gasteiger partial charge in [-0.2, -0.15) is 0 Å². The summed E-state index contributed by atoms with van der Waals surface area (Å²) in [6.07, 6.45) is 5.43. The summed E-state index contributed by atoms with van der Waals surface area (Å²) in [5.74, 6) is 0.820. The number of ether oxygens (including phenoxy) is 2. The van der Waals surface area contributed by atoms with Gasteiger partial charge in [0.1, 0.15) is 12.4 Å². The Labute approximate surface area is 203 Å². The second kappa shape index (κ2) is 11.9. The molecule has 1 atom stereocenters. The first-order valence-corrected chi connectivity index (χ1v) is 11.9. The number of rotatable bonds is 8. The Morgan fingerprint density at radius 3 is 2.33 bits per heavy atom. The van der Waals surface area contributed by atoms with Crippen molar-refractivity contribution in [1.29, 1.82) is 0 Å². The highest BCUT2D eigenvalue weighted by molar-refractivity contribution is 5.85. The topological polar surface area (TPSA) is 59.0 Å². The highest BCUT2D eigenvalue weighted by Gasteiger charge is 2.38. The maximum absolute atomic E-state index is 10.7. The van der Waals surface area contributed by atoms with E-state index in [4.69, 9.17) is 14.6 Å². The predicted molar refractivity (Wildman–Crippen MR) is 132 cm³/mol. The molecule has 2 aliphatic rings. The quantitative estimate of drug-likeness (QED) is 0.549. The normalized spacial score (nSPS) is 20.2. The Morgan fingerprint density at radius 1 is 1.06 bits per heavy atom. The summed E-state index contributed by atoms with van der Waals surface area (Å²) in [5.41, 5.74) is 3.64. The Kier molecular flexibility index (Phi) is 9.19. The monoisotopic (exact) mass is 473 g/mol. The number of likely N-dealkylation sites (tertiary alicyclic amines) is 1. The number of carbonyl (C=O) groups is 1. The number of hydrogen-bond acceptors (Lipinski definition) is 4. The standard InChI is InChI=1S/C27H35NO4.ClH/c1-21-12-17-32-27(18-21)13-15-28(16-14-27)19-23-2-4-24(5-3-23)20-31-25-9-6-22(7-10-25)8-11-26(29)30;/h2-7,9-10,21H,8,11-20H2,1H3,(H,29,30);1H. The van der Waals surface area contributed by atoms with Gasteiger partial charge in [-0.25, -0.2) is 0 Å². The van der Waals surface area contributed by atoms with E-state index in [0.29, 0.717) is 13.0 Å². The van der Waals surface area contributed by atoms with Gasteiger partial charge in [0.15, 0.2) is 0 Å². The first-order chi connectivity index (χ1) is 15.5. The summed E-state index contributed by atoms with van der Waals surface area (Å²) in [5, 5.41) is 8.78. The van der Waals surface area contributed by atoms with Gasteiger partial charge >= 0.3 is 5.97 Å². The Morgan fingerprint density at radius 2 is 1.70 bits per heavy atom. The molecule has 0 aliphatic carbocycles. The molecule has 0 radical (unpaired) electrons. The van der Waals surface area contributed by atoms with Crippen molar-refractivity contribution in [2.24, 2.45) is 5.92 Å². The van der Waals surface area contributed by atoms with E-state index in [1.165, 1.54) is 18.4 Å². The molecule has 0 saturated carbocycles. The highest BCUT2D eigenvalue weighted by atomic mass is 35.5. The van der Waals surface area contributed by atoms with Crippen molar-refractivity contribution < 1.29 is 19.4 Å². The maximum atomic E-state index is 10.7. The van der Waals surface area contributed by atoms with Crippen LogP contribution in [0, 0.1) is 5.92 Å². The summed E-state index contributed by atoms with van der Waals surface area (Å²) in [6, 6.07) is 16.4. The van der Waals surface area contributed by atoms with E-state index in [2.05, 4.69) is 36.1 Å². The molecule has 1 unspecified atom stereocenters. The number of piperidine rings is 1. The molecule has 1 spiro atoms. The first-order valence-electron chi connectivity index (χ1n) is 11.9. The average molecular weight is 474 g/mol. The van der Waals surface area contributed by atoms with Gasteiger partial charge < -0.3 is 14.6 Å². The second-order valence-electron chi connectivity index (χ2n) is 9.55. The molecular formula is C27H36ClNO4. The summed E-state index contributed by atoms with van der Waals surface area (Å²) in [6.45, 7) is 7.03. The van der Waals surface area contributed by atoms with Crippen LogP contribution in [0.25, 0.3) is 0 Å². The Balaban J connectivity index is 0.00000306. The molecule has 33 heavy (non-hydrogen) atoms. The van der Waals surface area contributed by atoms with Crippen molar-refractivity contribution >= 4 is 18.4 Å². The molecule has 2 heterocycles. The fourth-order valence-electron chi connectivity index (χ4n) is 4.91. The van der Waals surface area contributed by atoms with Crippen molar-refractivity contribution in [1.82, 2.24) is 4.90 Å². The van der Waals surface area contributed by atoms with E-state index in [1.54, 1.807) is 0 Å². The molecule has 0 bridgehead atoms. The molecule has 2 aromatic rings. The lowest BCUT2D eigenvalue weighted by Crippen LogP contribution is -2.48. The van der Waals surface area contributed by atoms with Crippen LogP contribution in [-0.2, 0) is 29.1 Å². The number of nitrogens with zero attached hydrogens (tertiary/aromatic N) is 1. The van der Waals surface area contributed by atoms with Crippen molar-refractivity contribution in [3.63, 3.8) is 0 Å². The predicted octanol–water partition coefficient (Wildman–Crippen LogP) is 5.49. The SMILES string of the molecule is CC1CCOC2(CCN(Cc3ccc(COc4ccc(CCC(=O)O)cc4)cc3)CC2)C1.Cl. The number of aryl methyl sites for hydroxylation is 1. The molecule has 1 N–H and O–H groups in total. The minimum atomic E-state index is -0.772. The van der Waals surface area contributed by atoms with Crippen molar-refractivity contribution in [3.05, 3.63) is 65.2 Å². The van der Waals surface area contributed by atoms with Crippen LogP contribution < -0.4 is 4.74 Å². The average Bonchev–Trinajstić information content (AvgIpc) is 2.79. The number of aliphatic carboxylic acids is 1. The molecule has 2 saturated heterocycles. The summed E-state index contributed by atoms with van der Waals surface area (Å²) in [7, 11) is 0. The lowest BCUT2D eigenvalue weighted by molar-refractivity contribution is -0.136. The number of hydrogen-bond donors (Lipinski definition) is 1. The van der Waals surface area contributed by atoms with Gasteiger partial charge in [-0.1, -0.05) is 43.3 Å². The van der Waals surface area contributed by atoms with Crippen LogP contribution in [0.5, 0.6) is 5.75 Å². The zero-order valence-corrected chi connectivity index (χ0v) is 20.3. The molecule has 6 heteroatoms. The van der Waals surface area contributed by atoms with E-state index in [1.807, 2.05) is 24.3 Å². The van der Waals surface area contributed by atoms with E-state index >= 15 is 0 Å². The second-order valence-corrected chi connectivity index (χ2v) is 9.55. The molecule has 2 aliphatic heterocycles. The highest BCUT2D eigenvalue weighted by Crippen LogP contribution is 2.37. The van der Waals surface area contributed by atoms with Gasteiger partial charge in [0.05, 0.1) is 5.60 Å². The van der Waals surface area contributed by atoms with Crippen molar-refractivity contribution in [2.75, 3.05) is 19.7 Å². The van der Waals surface area contributed by atoms with Gasteiger partial charge in [-0.05, 0) is 66.8 Å². The lowest BCUT2D eigenvalue weighted by Gasteiger charge is -2.45. The van der Waals surface area contributed by atoms with E-state index < -0.39 is 5.97 Å². The van der Waals surface area contributed by atoms with Gasteiger partial charge in [0.2, 0.25) is 0 Å². The fraction of sp³-hybridized carbons (Fsp3) is 0.519. The van der Waals surface area contributed by atoms with Crippen LogP contribution in [-0.4, -0.2) is 41.3 Å². The van der Waals surface area contributed by atoms with Crippen molar-refractivity contribution in [3.8, 4) is 5.75 Å². The molecule has 0 aromatic heterocycles. The van der Waals surface area contributed by atoms with Gasteiger partial charge in [-0.15, -0.1) is 12.4 Å². The zero-order chi connectivity index (χ0) is 22.4. The van der Waals surface area contributed by atoms with Crippen LogP contribution in [0.15, 0.2) is 48.5 Å². The lowest BCUT2D eigenvalue weighted by atomic mass is 9.80. The Hall–Kier alpha value is -2.08. The minimum Gasteiger partial charge on any atom is -0.489 e. The molecule has 0 amide bonds.